The van der Waals surface area contributed by atoms with Crippen LogP contribution in [0.2, 0.25) is 0 Å². The highest BCUT2D eigenvalue weighted by atomic mass is 32.1. The van der Waals surface area contributed by atoms with Crippen molar-refractivity contribution in [1.82, 2.24) is 0 Å². The Balaban J connectivity index is 1.52. The fourth-order valence-corrected chi connectivity index (χ4v) is 5.25. The third kappa shape index (κ3) is 4.04. The third-order valence-corrected chi connectivity index (χ3v) is 6.76. The smallest absolute Gasteiger partial charge is 0.266 e. The SMILES string of the molecule is N#C/C(=C/c1ccc(N2CCCC2)cc1)C(=O)Nc1sc2c(c1C#N)CCCC2. The van der Waals surface area contributed by atoms with Crippen LogP contribution >= 0.6 is 11.3 Å². The molecular weight excluding hydrogens is 380 g/mol. The standard InChI is InChI=1S/C23H22N4OS/c24-14-17(13-16-7-9-18(10-8-16)27-11-3-4-12-27)22(28)26-23-20(15-25)19-5-1-2-6-21(19)29-23/h7-10,13H,1-6,11-12H2,(H,26,28)/b17-13-. The Hall–Kier alpha value is -3.09. The van der Waals surface area contributed by atoms with Crippen molar-refractivity contribution in [3.63, 3.8) is 0 Å². The highest BCUT2D eigenvalue weighted by molar-refractivity contribution is 7.16. The normalized spacial score (nSPS) is 16.1. The summed E-state index contributed by atoms with van der Waals surface area (Å²) in [6.07, 6.45) is 8.06. The summed E-state index contributed by atoms with van der Waals surface area (Å²) in [7, 11) is 0. The van der Waals surface area contributed by atoms with E-state index in [4.69, 9.17) is 0 Å². The summed E-state index contributed by atoms with van der Waals surface area (Å²) in [6.45, 7) is 2.15. The Labute approximate surface area is 174 Å². The van der Waals surface area contributed by atoms with E-state index in [-0.39, 0.29) is 5.57 Å². The van der Waals surface area contributed by atoms with Crippen molar-refractivity contribution in [1.29, 1.82) is 10.5 Å². The quantitative estimate of drug-likeness (QED) is 0.596. The van der Waals surface area contributed by atoms with Crippen LogP contribution in [-0.4, -0.2) is 19.0 Å². The summed E-state index contributed by atoms with van der Waals surface area (Å²) < 4.78 is 0. The highest BCUT2D eigenvalue weighted by Crippen LogP contribution is 2.37. The first-order valence-electron chi connectivity index (χ1n) is 10.0. The number of rotatable bonds is 4. The largest absolute Gasteiger partial charge is 0.372 e. The number of anilines is 2. The van der Waals surface area contributed by atoms with Gasteiger partial charge < -0.3 is 10.2 Å². The molecule has 1 saturated heterocycles. The lowest BCUT2D eigenvalue weighted by Crippen LogP contribution is -2.17. The molecule has 1 N–H and O–H groups in total. The van der Waals surface area contributed by atoms with E-state index in [9.17, 15) is 15.3 Å². The highest BCUT2D eigenvalue weighted by Gasteiger charge is 2.22. The zero-order valence-electron chi connectivity index (χ0n) is 16.2. The van der Waals surface area contributed by atoms with Crippen molar-refractivity contribution in [3.8, 4) is 12.1 Å². The molecule has 0 atom stereocenters. The Morgan fingerprint density at radius 2 is 1.79 bits per heavy atom. The van der Waals surface area contributed by atoms with Crippen LogP contribution < -0.4 is 10.2 Å². The number of hydrogen-bond donors (Lipinski definition) is 1. The molecule has 2 heterocycles. The minimum Gasteiger partial charge on any atom is -0.372 e. The summed E-state index contributed by atoms with van der Waals surface area (Å²) >= 11 is 1.47. The molecule has 146 valence electrons. The van der Waals surface area contributed by atoms with Crippen molar-refractivity contribution in [2.45, 2.75) is 38.5 Å². The molecule has 5 nitrogen and oxygen atoms in total. The average molecular weight is 403 g/mol. The predicted molar refractivity (Wildman–Crippen MR) is 116 cm³/mol. The Morgan fingerprint density at radius 1 is 1.07 bits per heavy atom. The van der Waals surface area contributed by atoms with Gasteiger partial charge in [-0.3, -0.25) is 4.79 Å². The van der Waals surface area contributed by atoms with Gasteiger partial charge in [-0.1, -0.05) is 12.1 Å². The van der Waals surface area contributed by atoms with Crippen LogP contribution in [0.15, 0.2) is 29.8 Å². The number of thiophene rings is 1. The first kappa shape index (κ1) is 19.2. The maximum absolute atomic E-state index is 12.7. The monoisotopic (exact) mass is 402 g/mol. The molecule has 1 aliphatic carbocycles. The molecule has 1 aliphatic heterocycles. The zero-order valence-corrected chi connectivity index (χ0v) is 17.0. The van der Waals surface area contributed by atoms with E-state index in [1.807, 2.05) is 30.3 Å². The van der Waals surface area contributed by atoms with Gasteiger partial charge in [0.2, 0.25) is 0 Å². The van der Waals surface area contributed by atoms with Gasteiger partial charge in [-0.25, -0.2) is 0 Å². The van der Waals surface area contributed by atoms with Crippen molar-refractivity contribution >= 4 is 34.0 Å². The van der Waals surface area contributed by atoms with Crippen LogP contribution in [0.4, 0.5) is 10.7 Å². The number of nitriles is 2. The Morgan fingerprint density at radius 3 is 2.48 bits per heavy atom. The number of carbonyl (C=O) groups is 1. The van der Waals surface area contributed by atoms with Gasteiger partial charge in [-0.2, -0.15) is 10.5 Å². The summed E-state index contributed by atoms with van der Waals surface area (Å²) in [5.74, 6) is -0.466. The van der Waals surface area contributed by atoms with Gasteiger partial charge in [0.05, 0.1) is 5.56 Å². The van der Waals surface area contributed by atoms with Crippen molar-refractivity contribution in [2.24, 2.45) is 0 Å². The molecule has 0 bridgehead atoms. The Kier molecular flexibility index (Phi) is 5.64. The van der Waals surface area contributed by atoms with Gasteiger partial charge in [0.1, 0.15) is 22.7 Å². The molecule has 1 amide bonds. The second kappa shape index (κ2) is 8.51. The van der Waals surface area contributed by atoms with E-state index < -0.39 is 5.91 Å². The number of aryl methyl sites for hydroxylation is 1. The molecule has 2 aliphatic rings. The number of hydrogen-bond acceptors (Lipinski definition) is 5. The molecular formula is C23H22N4OS. The van der Waals surface area contributed by atoms with Crippen molar-refractivity contribution in [2.75, 3.05) is 23.3 Å². The maximum Gasteiger partial charge on any atom is 0.266 e. The van der Waals surface area contributed by atoms with Crippen LogP contribution in [-0.2, 0) is 17.6 Å². The first-order chi connectivity index (χ1) is 14.2. The van der Waals surface area contributed by atoms with E-state index in [1.165, 1.54) is 34.7 Å². The molecule has 1 aromatic carbocycles. The number of carbonyl (C=O) groups excluding carboxylic acids is 1. The molecule has 0 spiro atoms. The minimum absolute atomic E-state index is 0.0363. The molecule has 2 aromatic rings. The van der Waals surface area contributed by atoms with Crippen molar-refractivity contribution < 1.29 is 4.79 Å². The van der Waals surface area contributed by atoms with Crippen LogP contribution in [0.25, 0.3) is 6.08 Å². The van der Waals surface area contributed by atoms with E-state index >= 15 is 0 Å². The van der Waals surface area contributed by atoms with E-state index in [2.05, 4.69) is 16.3 Å². The molecule has 0 radical (unpaired) electrons. The lowest BCUT2D eigenvalue weighted by Gasteiger charge is -2.17. The summed E-state index contributed by atoms with van der Waals surface area (Å²) in [4.78, 5) is 16.2. The number of nitrogens with zero attached hydrogens (tertiary/aromatic N) is 3. The molecule has 1 fully saturated rings. The van der Waals surface area contributed by atoms with Gasteiger partial charge in [0.25, 0.3) is 5.91 Å². The number of fused-ring (bicyclic) bond motifs is 1. The third-order valence-electron chi connectivity index (χ3n) is 5.55. The molecule has 4 rings (SSSR count). The van der Waals surface area contributed by atoms with Crippen molar-refractivity contribution in [3.05, 3.63) is 51.4 Å². The molecule has 6 heteroatoms. The van der Waals surface area contributed by atoms with E-state index in [0.29, 0.717) is 10.6 Å². The van der Waals surface area contributed by atoms with Crippen LogP contribution in [0.1, 0.15) is 47.3 Å². The minimum atomic E-state index is -0.466. The summed E-state index contributed by atoms with van der Waals surface area (Å²) in [6, 6.07) is 12.2. The first-order valence-corrected chi connectivity index (χ1v) is 10.8. The topological polar surface area (TPSA) is 79.9 Å². The summed E-state index contributed by atoms with van der Waals surface area (Å²) in [5, 5.41) is 22.4. The van der Waals surface area contributed by atoms with E-state index in [1.54, 1.807) is 6.08 Å². The fraction of sp³-hybridized carbons (Fsp3) is 0.348. The molecule has 0 saturated carbocycles. The number of amides is 1. The fourth-order valence-electron chi connectivity index (χ4n) is 4.01. The van der Waals surface area contributed by atoms with Crippen LogP contribution in [0.5, 0.6) is 0 Å². The van der Waals surface area contributed by atoms with Gasteiger partial charge >= 0.3 is 0 Å². The van der Waals surface area contributed by atoms with E-state index in [0.717, 1.165) is 49.9 Å². The number of benzene rings is 1. The summed E-state index contributed by atoms with van der Waals surface area (Å²) in [5.41, 5.74) is 3.65. The van der Waals surface area contributed by atoms with Gasteiger partial charge in [0, 0.05) is 23.7 Å². The molecule has 29 heavy (non-hydrogen) atoms. The number of nitrogens with one attached hydrogen (secondary N) is 1. The molecule has 0 unspecified atom stereocenters. The van der Waals surface area contributed by atoms with Gasteiger partial charge in [-0.05, 0) is 67.9 Å². The van der Waals surface area contributed by atoms with Crippen LogP contribution in [0.3, 0.4) is 0 Å². The predicted octanol–water partition coefficient (Wildman–Crippen LogP) is 4.64. The lowest BCUT2D eigenvalue weighted by atomic mass is 9.96. The van der Waals surface area contributed by atoms with Gasteiger partial charge in [-0.15, -0.1) is 11.3 Å². The van der Waals surface area contributed by atoms with Crippen LogP contribution in [0, 0.1) is 22.7 Å². The Bertz CT molecular complexity index is 1030. The average Bonchev–Trinajstić information content (AvgIpc) is 3.40. The zero-order chi connectivity index (χ0) is 20.2. The second-order valence-electron chi connectivity index (χ2n) is 7.44. The van der Waals surface area contributed by atoms with Gasteiger partial charge in [0.15, 0.2) is 0 Å². The maximum atomic E-state index is 12.7. The lowest BCUT2D eigenvalue weighted by molar-refractivity contribution is -0.112. The second-order valence-corrected chi connectivity index (χ2v) is 8.54. The molecule has 1 aromatic heterocycles.